The third-order valence-corrected chi connectivity index (χ3v) is 4.12. The Bertz CT molecular complexity index is 690. The minimum absolute atomic E-state index is 0.0322. The van der Waals surface area contributed by atoms with Gasteiger partial charge in [0.1, 0.15) is 5.76 Å². The molecule has 0 bridgehead atoms. The van der Waals surface area contributed by atoms with Crippen LogP contribution in [0.2, 0.25) is 0 Å². The summed E-state index contributed by atoms with van der Waals surface area (Å²) in [6.07, 6.45) is 3.10. The van der Waals surface area contributed by atoms with E-state index >= 15 is 0 Å². The van der Waals surface area contributed by atoms with Gasteiger partial charge >= 0.3 is 0 Å². The number of furan rings is 1. The van der Waals surface area contributed by atoms with Crippen LogP contribution in [-0.4, -0.2) is 35.0 Å². The number of non-ortho nitro benzene ring substituents is 1. The number of rotatable bonds is 5. The molecule has 2 heterocycles. The number of hydrogen-bond donors (Lipinski definition) is 0. The van der Waals surface area contributed by atoms with Crippen molar-refractivity contribution in [3.63, 3.8) is 0 Å². The summed E-state index contributed by atoms with van der Waals surface area (Å²) in [7, 11) is 0. The minimum Gasteiger partial charge on any atom is -0.467 e. The van der Waals surface area contributed by atoms with Crippen LogP contribution < -0.4 is 0 Å². The molecule has 0 spiro atoms. The molecule has 7 heteroatoms. The van der Waals surface area contributed by atoms with Gasteiger partial charge in [0.05, 0.1) is 17.7 Å². The van der Waals surface area contributed by atoms with E-state index in [-0.39, 0.29) is 17.6 Å². The van der Waals surface area contributed by atoms with Crippen LogP contribution in [-0.2, 0) is 11.3 Å². The summed E-state index contributed by atoms with van der Waals surface area (Å²) in [5, 5.41) is 10.8. The molecule has 0 saturated carbocycles. The van der Waals surface area contributed by atoms with Crippen LogP contribution in [0.1, 0.15) is 29.0 Å². The van der Waals surface area contributed by atoms with Crippen LogP contribution in [0.15, 0.2) is 47.1 Å². The fourth-order valence-corrected chi connectivity index (χ4v) is 2.83. The minimum atomic E-state index is -0.479. The number of amides is 1. The summed E-state index contributed by atoms with van der Waals surface area (Å²) in [6, 6.07) is 9.36. The molecule has 126 valence electrons. The molecule has 1 aliphatic rings. The lowest BCUT2D eigenvalue weighted by Gasteiger charge is -2.34. The number of carbonyl (C=O) groups excluding carboxylic acids is 1. The lowest BCUT2D eigenvalue weighted by molar-refractivity contribution is -0.384. The largest absolute Gasteiger partial charge is 0.467 e. The highest BCUT2D eigenvalue weighted by Crippen LogP contribution is 2.22. The Morgan fingerprint density at radius 1 is 1.21 bits per heavy atom. The van der Waals surface area contributed by atoms with Crippen molar-refractivity contribution in [2.75, 3.05) is 13.2 Å². The van der Waals surface area contributed by atoms with Gasteiger partial charge in [-0.3, -0.25) is 14.9 Å². The maximum absolute atomic E-state index is 12.9. The molecule has 1 amide bonds. The normalized spacial score (nSPS) is 15.2. The van der Waals surface area contributed by atoms with E-state index in [1.807, 2.05) is 6.07 Å². The van der Waals surface area contributed by atoms with Crippen LogP contribution in [0, 0.1) is 10.1 Å². The van der Waals surface area contributed by atoms with Crippen molar-refractivity contribution >= 4 is 11.6 Å². The van der Waals surface area contributed by atoms with Crippen molar-refractivity contribution < 1.29 is 18.9 Å². The van der Waals surface area contributed by atoms with E-state index in [0.717, 1.165) is 12.8 Å². The quantitative estimate of drug-likeness (QED) is 0.621. The van der Waals surface area contributed by atoms with Crippen molar-refractivity contribution in [2.24, 2.45) is 0 Å². The molecular formula is C17H18N2O5. The monoisotopic (exact) mass is 330 g/mol. The Balaban J connectivity index is 1.82. The van der Waals surface area contributed by atoms with E-state index in [9.17, 15) is 14.9 Å². The topological polar surface area (TPSA) is 85.8 Å². The number of nitro groups is 1. The second kappa shape index (κ2) is 7.27. The standard InChI is InChI=1S/C17H18N2O5/c20-17(13-3-5-15(6-4-13)19(21)22)18(12-16-2-1-9-24-16)14-7-10-23-11-8-14/h1-6,9,14H,7-8,10-12H2. The third kappa shape index (κ3) is 3.62. The molecule has 1 fully saturated rings. The fraction of sp³-hybridized carbons (Fsp3) is 0.353. The zero-order chi connectivity index (χ0) is 16.9. The van der Waals surface area contributed by atoms with Gasteiger partial charge in [-0.2, -0.15) is 0 Å². The highest BCUT2D eigenvalue weighted by molar-refractivity contribution is 5.94. The molecule has 1 saturated heterocycles. The Morgan fingerprint density at radius 3 is 2.50 bits per heavy atom. The van der Waals surface area contributed by atoms with Crippen LogP contribution in [0.5, 0.6) is 0 Å². The molecule has 0 N–H and O–H groups in total. The number of benzene rings is 1. The van der Waals surface area contributed by atoms with E-state index < -0.39 is 4.92 Å². The summed E-state index contributed by atoms with van der Waals surface area (Å²) in [4.78, 5) is 25.0. The molecule has 0 radical (unpaired) electrons. The fourth-order valence-electron chi connectivity index (χ4n) is 2.83. The van der Waals surface area contributed by atoms with Crippen LogP contribution in [0.4, 0.5) is 5.69 Å². The zero-order valence-corrected chi connectivity index (χ0v) is 13.1. The van der Waals surface area contributed by atoms with Gasteiger partial charge in [-0.15, -0.1) is 0 Å². The molecule has 24 heavy (non-hydrogen) atoms. The van der Waals surface area contributed by atoms with Gasteiger partial charge in [0.25, 0.3) is 11.6 Å². The summed E-state index contributed by atoms with van der Waals surface area (Å²) in [5.74, 6) is 0.546. The molecule has 2 aromatic rings. The second-order valence-electron chi connectivity index (χ2n) is 5.66. The van der Waals surface area contributed by atoms with Gasteiger partial charge < -0.3 is 14.1 Å². The van der Waals surface area contributed by atoms with E-state index in [2.05, 4.69) is 0 Å². The van der Waals surface area contributed by atoms with Crippen molar-refractivity contribution in [1.82, 2.24) is 4.90 Å². The average molecular weight is 330 g/mol. The second-order valence-corrected chi connectivity index (χ2v) is 5.66. The van der Waals surface area contributed by atoms with Crippen molar-refractivity contribution in [3.8, 4) is 0 Å². The van der Waals surface area contributed by atoms with Gasteiger partial charge in [-0.25, -0.2) is 0 Å². The molecule has 1 aromatic carbocycles. The summed E-state index contributed by atoms with van der Waals surface area (Å²) < 4.78 is 10.8. The van der Waals surface area contributed by atoms with Gasteiger partial charge in [-0.1, -0.05) is 0 Å². The van der Waals surface area contributed by atoms with E-state index in [0.29, 0.717) is 31.1 Å². The first-order valence-electron chi connectivity index (χ1n) is 7.80. The molecule has 1 aromatic heterocycles. The predicted molar refractivity (Wildman–Crippen MR) is 85.5 cm³/mol. The Hall–Kier alpha value is -2.67. The lowest BCUT2D eigenvalue weighted by atomic mass is 10.0. The van der Waals surface area contributed by atoms with E-state index in [1.165, 1.54) is 24.3 Å². The number of carbonyl (C=O) groups is 1. The first-order valence-corrected chi connectivity index (χ1v) is 7.80. The van der Waals surface area contributed by atoms with Crippen LogP contribution >= 0.6 is 0 Å². The third-order valence-electron chi connectivity index (χ3n) is 4.12. The van der Waals surface area contributed by atoms with Gasteiger partial charge in [0, 0.05) is 37.0 Å². The molecule has 3 rings (SSSR count). The average Bonchev–Trinajstić information content (AvgIpc) is 3.13. The first-order chi connectivity index (χ1) is 11.6. The zero-order valence-electron chi connectivity index (χ0n) is 13.1. The maximum Gasteiger partial charge on any atom is 0.269 e. The Labute approximate surface area is 139 Å². The Kier molecular flexibility index (Phi) is 4.90. The summed E-state index contributed by atoms with van der Waals surface area (Å²) in [6.45, 7) is 1.60. The van der Waals surface area contributed by atoms with Crippen LogP contribution in [0.3, 0.4) is 0 Å². The van der Waals surface area contributed by atoms with Crippen molar-refractivity contribution in [3.05, 3.63) is 64.1 Å². The van der Waals surface area contributed by atoms with Gasteiger partial charge in [0.15, 0.2) is 0 Å². The molecule has 0 aliphatic carbocycles. The van der Waals surface area contributed by atoms with Gasteiger partial charge in [-0.05, 0) is 37.1 Å². The molecular weight excluding hydrogens is 312 g/mol. The van der Waals surface area contributed by atoms with E-state index in [1.54, 1.807) is 17.2 Å². The molecule has 7 nitrogen and oxygen atoms in total. The lowest BCUT2D eigenvalue weighted by Crippen LogP contribution is -2.42. The van der Waals surface area contributed by atoms with Crippen molar-refractivity contribution in [2.45, 2.75) is 25.4 Å². The maximum atomic E-state index is 12.9. The number of ether oxygens (including phenoxy) is 1. The summed E-state index contributed by atoms with van der Waals surface area (Å²) >= 11 is 0. The van der Waals surface area contributed by atoms with Crippen molar-refractivity contribution in [1.29, 1.82) is 0 Å². The highest BCUT2D eigenvalue weighted by Gasteiger charge is 2.27. The molecule has 1 aliphatic heterocycles. The molecule has 0 atom stereocenters. The number of nitrogens with zero attached hydrogens (tertiary/aromatic N) is 2. The predicted octanol–water partition coefficient (Wildman–Crippen LogP) is 3.01. The van der Waals surface area contributed by atoms with E-state index in [4.69, 9.17) is 9.15 Å². The highest BCUT2D eigenvalue weighted by atomic mass is 16.6. The molecule has 0 unspecified atom stereocenters. The number of hydrogen-bond acceptors (Lipinski definition) is 5. The Morgan fingerprint density at radius 2 is 1.92 bits per heavy atom. The number of nitro benzene ring substituents is 1. The van der Waals surface area contributed by atoms with Crippen LogP contribution in [0.25, 0.3) is 0 Å². The summed E-state index contributed by atoms with van der Waals surface area (Å²) in [5.41, 5.74) is 0.397. The first kappa shape index (κ1) is 16.2. The van der Waals surface area contributed by atoms with Gasteiger partial charge in [0.2, 0.25) is 0 Å². The smallest absolute Gasteiger partial charge is 0.269 e. The SMILES string of the molecule is O=C(c1ccc([N+](=O)[O-])cc1)N(Cc1ccco1)C1CCOCC1.